The Morgan fingerprint density at radius 3 is 2.43 bits per heavy atom. The van der Waals surface area contributed by atoms with Gasteiger partial charge >= 0.3 is 0 Å². The Labute approximate surface area is 126 Å². The molecule has 7 heteroatoms. The molecule has 1 atom stereocenters. The van der Waals surface area contributed by atoms with E-state index in [1.165, 1.54) is 6.33 Å². The number of hydrogen-bond donors (Lipinski definition) is 2. The van der Waals surface area contributed by atoms with Gasteiger partial charge in [-0.1, -0.05) is 0 Å². The number of aromatic nitrogens is 2. The molecule has 2 N–H and O–H groups in total. The minimum atomic E-state index is -0.386. The van der Waals surface area contributed by atoms with E-state index in [0.29, 0.717) is 30.5 Å². The summed E-state index contributed by atoms with van der Waals surface area (Å²) in [4.78, 5) is 22.4. The van der Waals surface area contributed by atoms with Crippen molar-refractivity contribution in [3.05, 3.63) is 6.33 Å². The average molecular weight is 295 g/mol. The number of amides is 1. The highest BCUT2D eigenvalue weighted by molar-refractivity contribution is 5.84. The number of anilines is 2. The van der Waals surface area contributed by atoms with E-state index >= 15 is 0 Å². The van der Waals surface area contributed by atoms with Crippen LogP contribution in [-0.4, -0.2) is 53.6 Å². The van der Waals surface area contributed by atoms with Gasteiger partial charge in [0.05, 0.1) is 7.11 Å². The van der Waals surface area contributed by atoms with Gasteiger partial charge in [0.1, 0.15) is 12.4 Å². The summed E-state index contributed by atoms with van der Waals surface area (Å²) in [5, 5.41) is 6.21. The van der Waals surface area contributed by atoms with Gasteiger partial charge in [-0.2, -0.15) is 0 Å². The van der Waals surface area contributed by atoms with Crippen LogP contribution in [0.4, 0.5) is 11.6 Å². The van der Waals surface area contributed by atoms with Crippen LogP contribution in [0, 0.1) is 0 Å². The minimum absolute atomic E-state index is 0.0330. The molecular formula is C14H25N5O2. The van der Waals surface area contributed by atoms with Crippen LogP contribution >= 0.6 is 0 Å². The Hall–Kier alpha value is -2.05. The number of hydrogen-bond acceptors (Lipinski definition) is 6. The molecule has 1 aromatic heterocycles. The van der Waals surface area contributed by atoms with Gasteiger partial charge in [0.25, 0.3) is 0 Å². The topological polar surface area (TPSA) is 79.4 Å². The van der Waals surface area contributed by atoms with Crippen LogP contribution in [0.15, 0.2) is 6.33 Å². The van der Waals surface area contributed by atoms with E-state index in [9.17, 15) is 4.79 Å². The fraction of sp³-hybridized carbons (Fsp3) is 0.643. The van der Waals surface area contributed by atoms with E-state index in [1.807, 2.05) is 27.7 Å². The molecule has 0 radical (unpaired) electrons. The molecular weight excluding hydrogens is 270 g/mol. The lowest BCUT2D eigenvalue weighted by Gasteiger charge is -2.24. The second-order valence-corrected chi connectivity index (χ2v) is 4.51. The highest BCUT2D eigenvalue weighted by Gasteiger charge is 2.21. The Morgan fingerprint density at radius 2 is 1.90 bits per heavy atom. The quantitative estimate of drug-likeness (QED) is 0.758. The molecule has 1 unspecified atom stereocenters. The standard InChI is InChI=1S/C14H25N5O2/c1-6-15-12-11(21-5)13(17-9-16-12)18-10(4)14(20)19(7-2)8-3/h9-10H,6-8H2,1-5H3,(H2,15,16,17,18). The first-order valence-corrected chi connectivity index (χ1v) is 7.27. The maximum atomic E-state index is 12.3. The lowest BCUT2D eigenvalue weighted by Crippen LogP contribution is -2.41. The molecule has 0 fully saturated rings. The van der Waals surface area contributed by atoms with Crippen LogP contribution in [0.5, 0.6) is 5.75 Å². The lowest BCUT2D eigenvalue weighted by atomic mass is 10.2. The predicted molar refractivity (Wildman–Crippen MR) is 83.8 cm³/mol. The van der Waals surface area contributed by atoms with Crippen LogP contribution in [0.3, 0.4) is 0 Å². The summed E-state index contributed by atoms with van der Waals surface area (Å²) >= 11 is 0. The van der Waals surface area contributed by atoms with E-state index in [-0.39, 0.29) is 11.9 Å². The number of nitrogens with zero attached hydrogens (tertiary/aromatic N) is 3. The third kappa shape index (κ3) is 4.21. The molecule has 0 aromatic carbocycles. The molecule has 1 amide bonds. The van der Waals surface area contributed by atoms with Crippen molar-refractivity contribution in [2.45, 2.75) is 33.7 Å². The van der Waals surface area contributed by atoms with Crippen LogP contribution in [0.2, 0.25) is 0 Å². The van der Waals surface area contributed by atoms with Gasteiger partial charge < -0.3 is 20.3 Å². The molecule has 7 nitrogen and oxygen atoms in total. The van der Waals surface area contributed by atoms with Crippen molar-refractivity contribution < 1.29 is 9.53 Å². The summed E-state index contributed by atoms with van der Waals surface area (Å²) < 4.78 is 5.35. The number of carbonyl (C=O) groups is 1. The zero-order chi connectivity index (χ0) is 15.8. The Bertz CT molecular complexity index is 463. The summed E-state index contributed by atoms with van der Waals surface area (Å²) in [5.41, 5.74) is 0. The Morgan fingerprint density at radius 1 is 1.29 bits per heavy atom. The first kappa shape index (κ1) is 17.0. The lowest BCUT2D eigenvalue weighted by molar-refractivity contribution is -0.131. The van der Waals surface area contributed by atoms with Crippen molar-refractivity contribution in [3.8, 4) is 5.75 Å². The summed E-state index contributed by atoms with van der Waals surface area (Å²) in [6.45, 7) is 9.80. The largest absolute Gasteiger partial charge is 0.490 e. The number of nitrogens with one attached hydrogen (secondary N) is 2. The molecule has 21 heavy (non-hydrogen) atoms. The third-order valence-corrected chi connectivity index (χ3v) is 3.15. The molecule has 0 aliphatic carbocycles. The fourth-order valence-corrected chi connectivity index (χ4v) is 2.04. The predicted octanol–water partition coefficient (Wildman–Crippen LogP) is 1.59. The van der Waals surface area contributed by atoms with Gasteiger partial charge in [0.15, 0.2) is 11.6 Å². The van der Waals surface area contributed by atoms with Gasteiger partial charge in [-0.15, -0.1) is 0 Å². The summed E-state index contributed by atoms with van der Waals surface area (Å²) in [5.74, 6) is 1.67. The second kappa shape index (κ2) is 8.28. The maximum absolute atomic E-state index is 12.3. The zero-order valence-electron chi connectivity index (χ0n) is 13.4. The SMILES string of the molecule is CCNc1ncnc(NC(C)C(=O)N(CC)CC)c1OC. The zero-order valence-corrected chi connectivity index (χ0v) is 13.4. The number of rotatable bonds is 8. The van der Waals surface area contributed by atoms with Crippen molar-refractivity contribution in [1.82, 2.24) is 14.9 Å². The molecule has 0 saturated carbocycles. The highest BCUT2D eigenvalue weighted by Crippen LogP contribution is 2.29. The Balaban J connectivity index is 2.91. The van der Waals surface area contributed by atoms with Crippen molar-refractivity contribution in [2.24, 2.45) is 0 Å². The molecule has 0 spiro atoms. The Kier molecular flexibility index (Phi) is 6.71. The smallest absolute Gasteiger partial charge is 0.244 e. The second-order valence-electron chi connectivity index (χ2n) is 4.51. The van der Waals surface area contributed by atoms with Gasteiger partial charge in [0.2, 0.25) is 11.7 Å². The van der Waals surface area contributed by atoms with Gasteiger partial charge in [0, 0.05) is 19.6 Å². The van der Waals surface area contributed by atoms with E-state index < -0.39 is 0 Å². The summed E-state index contributed by atoms with van der Waals surface area (Å²) in [7, 11) is 1.56. The monoisotopic (exact) mass is 295 g/mol. The van der Waals surface area contributed by atoms with E-state index in [2.05, 4.69) is 20.6 Å². The normalized spacial score (nSPS) is 11.7. The van der Waals surface area contributed by atoms with Crippen LogP contribution < -0.4 is 15.4 Å². The van der Waals surface area contributed by atoms with E-state index in [0.717, 1.165) is 6.54 Å². The first-order valence-electron chi connectivity index (χ1n) is 7.27. The van der Waals surface area contributed by atoms with Gasteiger partial charge in [-0.25, -0.2) is 9.97 Å². The molecule has 0 aliphatic rings. The molecule has 1 rings (SSSR count). The molecule has 118 valence electrons. The molecule has 1 heterocycles. The fourth-order valence-electron chi connectivity index (χ4n) is 2.04. The number of ether oxygens (including phenoxy) is 1. The van der Waals surface area contributed by atoms with Gasteiger partial charge in [-0.05, 0) is 27.7 Å². The van der Waals surface area contributed by atoms with Crippen LogP contribution in [0.1, 0.15) is 27.7 Å². The van der Waals surface area contributed by atoms with Crippen molar-refractivity contribution in [3.63, 3.8) is 0 Å². The van der Waals surface area contributed by atoms with Crippen LogP contribution in [0.25, 0.3) is 0 Å². The summed E-state index contributed by atoms with van der Waals surface area (Å²) in [6.07, 6.45) is 1.44. The number of likely N-dealkylation sites (N-methyl/N-ethyl adjacent to an activating group) is 1. The molecule has 0 bridgehead atoms. The van der Waals surface area contributed by atoms with Crippen molar-refractivity contribution >= 4 is 17.5 Å². The van der Waals surface area contributed by atoms with Crippen molar-refractivity contribution in [2.75, 3.05) is 37.4 Å². The maximum Gasteiger partial charge on any atom is 0.244 e. The van der Waals surface area contributed by atoms with Gasteiger partial charge in [-0.3, -0.25) is 4.79 Å². The summed E-state index contributed by atoms with van der Waals surface area (Å²) in [6, 6.07) is -0.386. The van der Waals surface area contributed by atoms with E-state index in [1.54, 1.807) is 12.0 Å². The highest BCUT2D eigenvalue weighted by atomic mass is 16.5. The number of carbonyl (C=O) groups excluding carboxylic acids is 1. The molecule has 1 aromatic rings. The molecule has 0 saturated heterocycles. The average Bonchev–Trinajstić information content (AvgIpc) is 2.49. The van der Waals surface area contributed by atoms with Crippen molar-refractivity contribution in [1.29, 1.82) is 0 Å². The minimum Gasteiger partial charge on any atom is -0.490 e. The van der Waals surface area contributed by atoms with E-state index in [4.69, 9.17) is 4.74 Å². The third-order valence-electron chi connectivity index (χ3n) is 3.15. The molecule has 0 aliphatic heterocycles. The van der Waals surface area contributed by atoms with Crippen LogP contribution in [-0.2, 0) is 4.79 Å². The first-order chi connectivity index (χ1) is 10.1. The number of methoxy groups -OCH3 is 1.